The second-order valence-electron chi connectivity index (χ2n) is 19.7. The molecule has 0 bridgehead atoms. The van der Waals surface area contributed by atoms with Gasteiger partial charge in [0.1, 0.15) is 11.5 Å². The largest absolute Gasteiger partial charge is 0.506 e. The summed E-state index contributed by atoms with van der Waals surface area (Å²) in [5, 5.41) is 39.3. The Morgan fingerprint density at radius 3 is 1.64 bits per heavy atom. The molecule has 2 unspecified atom stereocenters. The third-order valence-corrected chi connectivity index (χ3v) is 17.0. The number of amides is 2. The predicted molar refractivity (Wildman–Crippen MR) is 314 cm³/mol. The van der Waals surface area contributed by atoms with Gasteiger partial charge in [-0.05, 0) is 82.0 Å². The van der Waals surface area contributed by atoms with Crippen molar-refractivity contribution in [1.29, 1.82) is 0 Å². The lowest BCUT2D eigenvalue weighted by Crippen LogP contribution is -2.42. The zero-order valence-electron chi connectivity index (χ0n) is 45.2. The highest BCUT2D eigenvalue weighted by Crippen LogP contribution is 2.51. The van der Waals surface area contributed by atoms with E-state index in [4.69, 9.17) is 67.1 Å². The number of carbonyl (C=O) groups is 6. The molecule has 19 heteroatoms. The van der Waals surface area contributed by atoms with E-state index in [0.717, 1.165) is 91.1 Å². The van der Waals surface area contributed by atoms with Crippen LogP contribution in [0.3, 0.4) is 0 Å². The number of aryl methyl sites for hydroxylation is 2. The minimum atomic E-state index is -0.940. The zero-order chi connectivity index (χ0) is 57.9. The van der Waals surface area contributed by atoms with Gasteiger partial charge in [-0.3, -0.25) is 24.0 Å². The van der Waals surface area contributed by atoms with E-state index in [1.807, 2.05) is 42.6 Å². The number of aliphatic carboxylic acids is 3. The number of anilines is 2. The molecule has 3 aliphatic heterocycles. The Labute approximate surface area is 482 Å². The number of hydrogen-bond acceptors (Lipinski definition) is 12. The van der Waals surface area contributed by atoms with Crippen LogP contribution in [0.4, 0.5) is 11.4 Å². The molecule has 5 atom stereocenters. The number of ether oxygens (including phenoxy) is 3. The number of hydrogen-bond donors (Lipinski definition) is 4. The number of esters is 1. The average Bonchev–Trinajstić information content (AvgIpc) is 4.24. The quantitative estimate of drug-likeness (QED) is 0.0480. The molecule has 0 radical (unpaired) electrons. The topological polar surface area (TPSA) is 218 Å². The van der Waals surface area contributed by atoms with Crippen molar-refractivity contribution in [2.24, 2.45) is 0 Å². The fraction of sp³-hybridized carbons (Fsp3) is 0.344. The predicted octanol–water partition coefficient (Wildman–Crippen LogP) is 12.9. The van der Waals surface area contributed by atoms with E-state index < -0.39 is 36.3 Å². The lowest BCUT2D eigenvalue weighted by molar-refractivity contribution is -0.188. The first kappa shape index (κ1) is 60.6. The molecule has 0 spiro atoms. The first-order chi connectivity index (χ1) is 38.3. The molecule has 4 N–H and O–H groups in total. The SMILES string of the molecule is CC(=O)O.CC(=O)O.CC(=O)O.COC(=O)[C@H]1O[C@@H](Oc2cc3c(c4c(C)csc24)C(CCl)CN3C(=O)CCCC(=O)N2CC(CCl)c3c2cc(O)c2scc(C)c32)CC[C@H]1c1ccccc1C(c1ccccc1)c1ccccc1. The van der Waals surface area contributed by atoms with Crippen molar-refractivity contribution in [3.05, 3.63) is 152 Å². The molecule has 5 aromatic carbocycles. The molecule has 10 rings (SSSR count). The first-order valence-electron chi connectivity index (χ1n) is 26.0. The number of carbonyl (C=O) groups excluding carboxylic acids is 3. The van der Waals surface area contributed by atoms with Crippen molar-refractivity contribution >= 4 is 113 Å². The van der Waals surface area contributed by atoms with Gasteiger partial charge >= 0.3 is 5.97 Å². The molecule has 1 saturated heterocycles. The van der Waals surface area contributed by atoms with Crippen LogP contribution in [-0.2, 0) is 38.2 Å². The third-order valence-electron chi connectivity index (χ3n) is 14.0. The summed E-state index contributed by atoms with van der Waals surface area (Å²) in [6.07, 6.45) is 0.0299. The number of aromatic hydroxyl groups is 1. The van der Waals surface area contributed by atoms with E-state index in [-0.39, 0.29) is 54.1 Å². The van der Waals surface area contributed by atoms with Gasteiger partial charge in [0, 0.05) is 111 Å². The Bertz CT molecular complexity index is 3290. The van der Waals surface area contributed by atoms with Crippen LogP contribution in [0.5, 0.6) is 11.5 Å². The first-order valence-corrected chi connectivity index (χ1v) is 28.8. The van der Waals surface area contributed by atoms with Gasteiger partial charge in [-0.25, -0.2) is 4.79 Å². The zero-order valence-corrected chi connectivity index (χ0v) is 48.3. The molecule has 0 saturated carbocycles. The molecule has 422 valence electrons. The van der Waals surface area contributed by atoms with E-state index in [1.54, 1.807) is 27.2 Å². The minimum absolute atomic E-state index is 0.0582. The number of benzene rings is 5. The number of phenolic OH excluding ortho intramolecular Hbond substituents is 1. The molecule has 3 aliphatic rings. The minimum Gasteiger partial charge on any atom is -0.506 e. The van der Waals surface area contributed by atoms with Crippen LogP contribution in [0.1, 0.15) is 121 Å². The number of methoxy groups -OCH3 is 1. The fourth-order valence-electron chi connectivity index (χ4n) is 10.9. The molecule has 5 heterocycles. The smallest absolute Gasteiger partial charge is 0.335 e. The van der Waals surface area contributed by atoms with E-state index >= 15 is 0 Å². The maximum atomic E-state index is 14.3. The standard InChI is InChI=1S/C55H52Cl2N2O7S2.3C2H4O2/c1-31-29-67-53-42(60)23-40-50(47(31)53)35(25-56)27-58(40)44(61)19-12-20-45(62)59-28-36(26-57)51-41(59)24-43(54-48(51)32(2)30-68-54)65-46-22-21-39(52(66-46)55(63)64-3)37-17-10-11-18-38(37)49(33-13-6-4-7-14-33)34-15-8-5-9-16-34;3*1-2(3)4/h4-11,13-18,23-24,29-30,35-36,39,46,49,52,60H,12,19-22,25-28H2,1-3H3;3*1H3,(H,3,4)/t35?,36?,39-,46+,52-;;;/m0.../s1. The molecule has 1 fully saturated rings. The molecule has 2 amide bonds. The fourth-order valence-corrected chi connectivity index (χ4v) is 13.4. The molecule has 7 aromatic rings. The Balaban J connectivity index is 0.000000703. The highest BCUT2D eigenvalue weighted by molar-refractivity contribution is 7.18. The van der Waals surface area contributed by atoms with Crippen molar-refractivity contribution in [3.8, 4) is 11.5 Å². The molecular weight excluding hydrogens is 1100 g/mol. The van der Waals surface area contributed by atoms with Gasteiger partial charge in [-0.2, -0.15) is 0 Å². The summed E-state index contributed by atoms with van der Waals surface area (Å²) in [4.78, 5) is 72.5. The van der Waals surface area contributed by atoms with Gasteiger partial charge in [0.25, 0.3) is 17.9 Å². The van der Waals surface area contributed by atoms with Crippen LogP contribution in [0.2, 0.25) is 0 Å². The van der Waals surface area contributed by atoms with Crippen LogP contribution in [0, 0.1) is 13.8 Å². The average molecular weight is 1170 g/mol. The Morgan fingerprint density at radius 1 is 0.675 bits per heavy atom. The van der Waals surface area contributed by atoms with Gasteiger partial charge in [0.15, 0.2) is 6.10 Å². The molecule has 2 aromatic heterocycles. The number of halogens is 2. The normalized spacial score (nSPS) is 17.9. The molecule has 15 nitrogen and oxygen atoms in total. The number of phenols is 1. The van der Waals surface area contributed by atoms with Gasteiger partial charge < -0.3 is 44.4 Å². The monoisotopic (exact) mass is 1170 g/mol. The highest BCUT2D eigenvalue weighted by atomic mass is 35.5. The van der Waals surface area contributed by atoms with Crippen molar-refractivity contribution in [2.75, 3.05) is 41.8 Å². The number of fused-ring (bicyclic) bond motifs is 6. The van der Waals surface area contributed by atoms with E-state index in [2.05, 4.69) is 73.0 Å². The van der Waals surface area contributed by atoms with Crippen molar-refractivity contribution in [1.82, 2.24) is 0 Å². The summed E-state index contributed by atoms with van der Waals surface area (Å²) in [7, 11) is 1.39. The summed E-state index contributed by atoms with van der Waals surface area (Å²) in [5.74, 6) is -2.34. The number of carboxylic acid groups (broad SMARTS) is 3. The molecular formula is C61H64Cl2N2O13S2. The number of carboxylic acids is 3. The van der Waals surface area contributed by atoms with Gasteiger partial charge in [-0.1, -0.05) is 84.9 Å². The number of thiophene rings is 2. The molecule has 0 aliphatic carbocycles. The molecule has 80 heavy (non-hydrogen) atoms. The maximum absolute atomic E-state index is 14.3. The van der Waals surface area contributed by atoms with E-state index in [0.29, 0.717) is 55.5 Å². The third kappa shape index (κ3) is 13.8. The summed E-state index contributed by atoms with van der Waals surface area (Å²) in [5.41, 5.74) is 9.98. The van der Waals surface area contributed by atoms with Crippen LogP contribution < -0.4 is 14.5 Å². The van der Waals surface area contributed by atoms with Crippen molar-refractivity contribution < 1.29 is 63.4 Å². The summed E-state index contributed by atoms with van der Waals surface area (Å²) >= 11 is 16.2. The lowest BCUT2D eigenvalue weighted by atomic mass is 9.77. The van der Waals surface area contributed by atoms with Crippen LogP contribution in [0.25, 0.3) is 20.2 Å². The number of nitrogens with zero attached hydrogens (tertiary/aromatic N) is 2. The van der Waals surface area contributed by atoms with Crippen LogP contribution in [0.15, 0.2) is 108 Å². The number of rotatable bonds is 13. The summed E-state index contributed by atoms with van der Waals surface area (Å²) in [6.45, 7) is 8.16. The second-order valence-corrected chi connectivity index (χ2v) is 22.1. The highest BCUT2D eigenvalue weighted by Gasteiger charge is 2.42. The Morgan fingerprint density at radius 2 is 1.14 bits per heavy atom. The van der Waals surface area contributed by atoms with Crippen molar-refractivity contribution in [3.63, 3.8) is 0 Å². The summed E-state index contributed by atoms with van der Waals surface area (Å²) < 4.78 is 20.6. The van der Waals surface area contributed by atoms with E-state index in [1.165, 1.54) is 18.4 Å². The maximum Gasteiger partial charge on any atom is 0.335 e. The van der Waals surface area contributed by atoms with Crippen LogP contribution in [-0.4, -0.2) is 100 Å². The van der Waals surface area contributed by atoms with Gasteiger partial charge in [0.05, 0.1) is 27.9 Å². The Kier molecular flexibility index (Phi) is 20.8. The summed E-state index contributed by atoms with van der Waals surface area (Å²) in [6, 6.07) is 32.8. The van der Waals surface area contributed by atoms with Gasteiger partial charge in [-0.15, -0.1) is 45.9 Å². The Hall–Kier alpha value is -7.02. The lowest BCUT2D eigenvalue weighted by Gasteiger charge is -2.37. The van der Waals surface area contributed by atoms with E-state index in [9.17, 15) is 19.5 Å². The second kappa shape index (κ2) is 27.4. The van der Waals surface area contributed by atoms with Crippen LogP contribution >= 0.6 is 45.9 Å². The van der Waals surface area contributed by atoms with Gasteiger partial charge in [0.2, 0.25) is 18.1 Å². The number of alkyl halides is 2. The van der Waals surface area contributed by atoms with Crippen molar-refractivity contribution in [2.45, 2.75) is 103 Å².